The second kappa shape index (κ2) is 10.3. The van der Waals surface area contributed by atoms with Crippen LogP contribution in [0.3, 0.4) is 0 Å². The number of carbonyl (C=O) groups is 2. The highest BCUT2D eigenvalue weighted by molar-refractivity contribution is 7.89. The molecule has 0 saturated heterocycles. The molecule has 0 aliphatic rings. The van der Waals surface area contributed by atoms with Gasteiger partial charge in [-0.2, -0.15) is 0 Å². The van der Waals surface area contributed by atoms with E-state index in [1.807, 2.05) is 61.5 Å². The molecule has 4 aromatic rings. The Balaban J connectivity index is 1.69. The topological polar surface area (TPSA) is 85.7 Å². The van der Waals surface area contributed by atoms with Crippen molar-refractivity contribution in [2.45, 2.75) is 18.4 Å². The van der Waals surface area contributed by atoms with Gasteiger partial charge in [-0.25, -0.2) is 17.5 Å². The quantitative estimate of drug-likeness (QED) is 0.231. The van der Waals surface area contributed by atoms with Gasteiger partial charge in [0.25, 0.3) is 0 Å². The van der Waals surface area contributed by atoms with Gasteiger partial charge in [-0.3, -0.25) is 4.79 Å². The standard InChI is InChI=1S/C27H25ClN2O5S/c1-4-30-23-13-9-8-12-20(23)25(26(30)18-10-6-5-7-11-18)24(31)17-35-27(32)21-16-19(14-15-22(21)28)36(33,34)29(2)3/h5-16H,4,17H2,1-3H3. The van der Waals surface area contributed by atoms with E-state index in [0.29, 0.717) is 12.1 Å². The average Bonchev–Trinajstić information content (AvgIpc) is 3.22. The summed E-state index contributed by atoms with van der Waals surface area (Å²) in [6.07, 6.45) is 0. The molecule has 0 spiro atoms. The molecule has 1 heterocycles. The van der Waals surface area contributed by atoms with Gasteiger partial charge in [-0.05, 0) is 36.8 Å². The summed E-state index contributed by atoms with van der Waals surface area (Å²) in [7, 11) is -1.01. The fraction of sp³-hybridized carbons (Fsp3) is 0.185. The van der Waals surface area contributed by atoms with E-state index in [-0.39, 0.29) is 21.3 Å². The number of rotatable bonds is 8. The van der Waals surface area contributed by atoms with E-state index < -0.39 is 22.6 Å². The summed E-state index contributed by atoms with van der Waals surface area (Å²) >= 11 is 6.16. The normalized spacial score (nSPS) is 11.7. The van der Waals surface area contributed by atoms with Gasteiger partial charge in [0.1, 0.15) is 0 Å². The number of hydrogen-bond acceptors (Lipinski definition) is 5. The molecule has 36 heavy (non-hydrogen) atoms. The van der Waals surface area contributed by atoms with E-state index in [0.717, 1.165) is 32.5 Å². The van der Waals surface area contributed by atoms with Gasteiger partial charge in [-0.1, -0.05) is 60.1 Å². The molecule has 0 aliphatic heterocycles. The predicted molar refractivity (Wildman–Crippen MR) is 140 cm³/mol. The minimum atomic E-state index is -3.79. The van der Waals surface area contributed by atoms with Gasteiger partial charge >= 0.3 is 5.97 Å². The Morgan fingerprint density at radius 2 is 1.64 bits per heavy atom. The zero-order valence-corrected chi connectivity index (χ0v) is 21.6. The van der Waals surface area contributed by atoms with E-state index in [2.05, 4.69) is 4.57 Å². The van der Waals surface area contributed by atoms with Crippen molar-refractivity contribution in [1.82, 2.24) is 8.87 Å². The van der Waals surface area contributed by atoms with Gasteiger partial charge in [0.05, 0.1) is 26.7 Å². The zero-order chi connectivity index (χ0) is 26.0. The lowest BCUT2D eigenvalue weighted by molar-refractivity contribution is 0.0475. The highest BCUT2D eigenvalue weighted by Crippen LogP contribution is 2.34. The van der Waals surface area contributed by atoms with Crippen molar-refractivity contribution < 1.29 is 22.7 Å². The van der Waals surface area contributed by atoms with Gasteiger partial charge in [0.2, 0.25) is 15.8 Å². The average molecular weight is 525 g/mol. The van der Waals surface area contributed by atoms with E-state index in [4.69, 9.17) is 16.3 Å². The lowest BCUT2D eigenvalue weighted by atomic mass is 10.0. The molecule has 9 heteroatoms. The summed E-state index contributed by atoms with van der Waals surface area (Å²) < 4.78 is 33.4. The molecule has 0 radical (unpaired) electrons. The number of benzene rings is 3. The van der Waals surface area contributed by atoms with Crippen LogP contribution in [0.5, 0.6) is 0 Å². The number of aryl methyl sites for hydroxylation is 1. The minimum Gasteiger partial charge on any atom is -0.454 e. The molecule has 4 rings (SSSR count). The molecule has 0 unspecified atom stereocenters. The first-order chi connectivity index (χ1) is 17.2. The number of aromatic nitrogens is 1. The third-order valence-corrected chi connectivity index (χ3v) is 8.02. The number of carbonyl (C=O) groups excluding carboxylic acids is 2. The van der Waals surface area contributed by atoms with Crippen molar-refractivity contribution in [3.8, 4) is 11.3 Å². The molecule has 0 N–H and O–H groups in total. The molecule has 7 nitrogen and oxygen atoms in total. The van der Waals surface area contributed by atoms with Gasteiger partial charge in [0, 0.05) is 31.5 Å². The maximum Gasteiger partial charge on any atom is 0.340 e. The Hall–Kier alpha value is -3.46. The molecule has 0 saturated carbocycles. The Bertz CT molecular complexity index is 1560. The fourth-order valence-electron chi connectivity index (χ4n) is 4.12. The number of hydrogen-bond donors (Lipinski definition) is 0. The van der Waals surface area contributed by atoms with Crippen molar-refractivity contribution in [2.24, 2.45) is 0 Å². The van der Waals surface area contributed by atoms with E-state index in [1.54, 1.807) is 0 Å². The maximum absolute atomic E-state index is 13.5. The van der Waals surface area contributed by atoms with E-state index in [9.17, 15) is 18.0 Å². The Morgan fingerprint density at radius 1 is 0.972 bits per heavy atom. The monoisotopic (exact) mass is 524 g/mol. The second-order valence-electron chi connectivity index (χ2n) is 8.28. The zero-order valence-electron chi connectivity index (χ0n) is 20.1. The van der Waals surface area contributed by atoms with Crippen LogP contribution in [0.4, 0.5) is 0 Å². The van der Waals surface area contributed by atoms with Crippen LogP contribution in [0.15, 0.2) is 77.7 Å². The van der Waals surface area contributed by atoms with Crippen molar-refractivity contribution in [2.75, 3.05) is 20.7 Å². The molecule has 0 amide bonds. The number of Topliss-reactive ketones (excluding diaryl/α,β-unsaturated/α-hetero) is 1. The number of ether oxygens (including phenoxy) is 1. The van der Waals surface area contributed by atoms with E-state index in [1.165, 1.54) is 26.2 Å². The maximum atomic E-state index is 13.5. The van der Waals surface area contributed by atoms with Gasteiger partial charge in [0.15, 0.2) is 6.61 Å². The first-order valence-electron chi connectivity index (χ1n) is 11.3. The minimum absolute atomic E-state index is 0.0257. The van der Waals surface area contributed by atoms with Gasteiger partial charge < -0.3 is 9.30 Å². The van der Waals surface area contributed by atoms with Crippen LogP contribution in [0.1, 0.15) is 27.6 Å². The first-order valence-corrected chi connectivity index (χ1v) is 13.1. The summed E-state index contributed by atoms with van der Waals surface area (Å²) in [5.41, 5.74) is 2.85. The summed E-state index contributed by atoms with van der Waals surface area (Å²) in [6.45, 7) is 2.11. The Labute approximate surface area is 214 Å². The lowest BCUT2D eigenvalue weighted by Crippen LogP contribution is -2.22. The molecule has 0 bridgehead atoms. The number of nitrogens with zero attached hydrogens (tertiary/aromatic N) is 2. The highest BCUT2D eigenvalue weighted by atomic mass is 35.5. The van der Waals surface area contributed by atoms with Crippen LogP contribution >= 0.6 is 11.6 Å². The van der Waals surface area contributed by atoms with Gasteiger partial charge in [-0.15, -0.1) is 0 Å². The highest BCUT2D eigenvalue weighted by Gasteiger charge is 2.25. The summed E-state index contributed by atoms with van der Waals surface area (Å²) in [5.74, 6) is -1.26. The summed E-state index contributed by atoms with van der Waals surface area (Å²) in [4.78, 5) is 26.2. The molecule has 3 aromatic carbocycles. The first kappa shape index (κ1) is 25.6. The molecule has 186 valence electrons. The molecule has 0 fully saturated rings. The molecular weight excluding hydrogens is 500 g/mol. The number of fused-ring (bicyclic) bond motifs is 1. The number of ketones is 1. The third kappa shape index (κ3) is 4.67. The molecule has 0 aliphatic carbocycles. The van der Waals surface area contributed by atoms with Crippen LogP contribution < -0.4 is 0 Å². The summed E-state index contributed by atoms with van der Waals surface area (Å²) in [6, 6.07) is 20.9. The smallest absolute Gasteiger partial charge is 0.340 e. The molecule has 1 aromatic heterocycles. The van der Waals surface area contributed by atoms with Crippen molar-refractivity contribution in [1.29, 1.82) is 0 Å². The van der Waals surface area contributed by atoms with Crippen molar-refractivity contribution >= 4 is 44.3 Å². The number of esters is 1. The van der Waals surface area contributed by atoms with Crippen LogP contribution in [0, 0.1) is 0 Å². The lowest BCUT2D eigenvalue weighted by Gasteiger charge is -2.13. The summed E-state index contributed by atoms with van der Waals surface area (Å²) in [5, 5.41) is 0.786. The SMILES string of the molecule is CCn1c(-c2ccccc2)c(C(=O)COC(=O)c2cc(S(=O)(=O)N(C)C)ccc2Cl)c2ccccc21. The second-order valence-corrected chi connectivity index (χ2v) is 10.8. The van der Waals surface area contributed by atoms with Crippen molar-refractivity contribution in [3.63, 3.8) is 0 Å². The van der Waals surface area contributed by atoms with Crippen LogP contribution in [0.25, 0.3) is 22.2 Å². The number of sulfonamides is 1. The molecular formula is C27H25ClN2O5S. The largest absolute Gasteiger partial charge is 0.454 e. The Morgan fingerprint density at radius 3 is 2.31 bits per heavy atom. The van der Waals surface area contributed by atoms with Crippen LogP contribution in [-0.2, 0) is 21.3 Å². The number of para-hydroxylation sites is 1. The Kier molecular flexibility index (Phi) is 7.31. The fourth-order valence-corrected chi connectivity index (χ4v) is 5.25. The number of halogens is 1. The molecule has 0 atom stereocenters. The van der Waals surface area contributed by atoms with Crippen LogP contribution in [-0.4, -0.2) is 49.7 Å². The third-order valence-electron chi connectivity index (χ3n) is 5.88. The van der Waals surface area contributed by atoms with Crippen molar-refractivity contribution in [3.05, 3.63) is 88.9 Å². The van der Waals surface area contributed by atoms with Crippen LogP contribution in [0.2, 0.25) is 5.02 Å². The van der Waals surface area contributed by atoms with E-state index >= 15 is 0 Å². The predicted octanol–water partition coefficient (Wildman–Crippen LogP) is 5.27.